The summed E-state index contributed by atoms with van der Waals surface area (Å²) in [7, 11) is 3.09. The van der Waals surface area contributed by atoms with E-state index in [4.69, 9.17) is 23.4 Å². The van der Waals surface area contributed by atoms with Gasteiger partial charge in [-0.25, -0.2) is 0 Å². The summed E-state index contributed by atoms with van der Waals surface area (Å²) >= 11 is 0. The van der Waals surface area contributed by atoms with E-state index in [0.717, 1.165) is 19.4 Å². The number of benzene rings is 2. The summed E-state index contributed by atoms with van der Waals surface area (Å²) in [4.78, 5) is 25.0. The molecule has 1 atom stereocenters. The largest absolute Gasteiger partial charge is 0.493 e. The van der Waals surface area contributed by atoms with E-state index in [2.05, 4.69) is 5.32 Å². The predicted octanol–water partition coefficient (Wildman–Crippen LogP) is 3.15. The number of fused-ring (bicyclic) bond motifs is 1. The van der Waals surface area contributed by atoms with Crippen LogP contribution in [0.2, 0.25) is 0 Å². The number of rotatable bonds is 8. The Kier molecular flexibility index (Phi) is 6.61. The zero-order valence-corrected chi connectivity index (χ0v) is 18.0. The molecule has 1 amide bonds. The Bertz CT molecular complexity index is 1160. The second-order valence-electron chi connectivity index (χ2n) is 7.43. The Balaban J connectivity index is 1.47. The van der Waals surface area contributed by atoms with Crippen LogP contribution in [0.3, 0.4) is 0 Å². The van der Waals surface area contributed by atoms with Crippen LogP contribution in [-0.4, -0.2) is 46.0 Å². The van der Waals surface area contributed by atoms with Crippen molar-refractivity contribution >= 4 is 16.9 Å². The number of carbonyl (C=O) groups is 1. The van der Waals surface area contributed by atoms with Gasteiger partial charge in [-0.3, -0.25) is 9.59 Å². The SMILES string of the molecule is COc1ccc(-c2coc3cc(OCC(=O)NCC4CCCO4)ccc3c2=O)cc1OC. The molecule has 1 unspecified atom stereocenters. The third-order valence-corrected chi connectivity index (χ3v) is 5.36. The van der Waals surface area contributed by atoms with Crippen molar-refractivity contribution in [3.8, 4) is 28.4 Å². The summed E-state index contributed by atoms with van der Waals surface area (Å²) in [6.07, 6.45) is 3.46. The van der Waals surface area contributed by atoms with Gasteiger partial charge >= 0.3 is 0 Å². The van der Waals surface area contributed by atoms with Gasteiger partial charge in [-0.1, -0.05) is 6.07 Å². The first kappa shape index (κ1) is 21.7. The molecular weight excluding hydrogens is 414 g/mol. The van der Waals surface area contributed by atoms with Gasteiger partial charge in [0.2, 0.25) is 0 Å². The van der Waals surface area contributed by atoms with E-state index in [-0.39, 0.29) is 24.0 Å². The van der Waals surface area contributed by atoms with Crippen molar-refractivity contribution < 1.29 is 28.2 Å². The quantitative estimate of drug-likeness (QED) is 0.576. The third kappa shape index (κ3) is 4.70. The Morgan fingerprint density at radius 3 is 2.72 bits per heavy atom. The first-order valence-electron chi connectivity index (χ1n) is 10.4. The summed E-state index contributed by atoms with van der Waals surface area (Å²) in [6.45, 7) is 1.09. The van der Waals surface area contributed by atoms with Gasteiger partial charge in [0.1, 0.15) is 17.6 Å². The van der Waals surface area contributed by atoms with Crippen molar-refractivity contribution in [3.63, 3.8) is 0 Å². The molecule has 8 heteroatoms. The number of methoxy groups -OCH3 is 2. The lowest BCUT2D eigenvalue weighted by Gasteiger charge is -2.12. The molecule has 0 saturated carbocycles. The molecular formula is C24H25NO7. The predicted molar refractivity (Wildman–Crippen MR) is 119 cm³/mol. The molecule has 1 saturated heterocycles. The van der Waals surface area contributed by atoms with Gasteiger partial charge in [0.25, 0.3) is 5.91 Å². The van der Waals surface area contributed by atoms with Crippen molar-refractivity contribution in [2.75, 3.05) is 34.0 Å². The van der Waals surface area contributed by atoms with E-state index in [1.807, 2.05) is 0 Å². The molecule has 168 valence electrons. The number of amides is 1. The molecule has 1 N–H and O–H groups in total. The monoisotopic (exact) mass is 439 g/mol. The average Bonchev–Trinajstić information content (AvgIpc) is 3.35. The van der Waals surface area contributed by atoms with Gasteiger partial charge in [0, 0.05) is 19.2 Å². The fourth-order valence-electron chi connectivity index (χ4n) is 3.63. The van der Waals surface area contributed by atoms with Crippen LogP contribution in [0.5, 0.6) is 17.2 Å². The maximum atomic E-state index is 13.0. The number of ether oxygens (including phenoxy) is 4. The van der Waals surface area contributed by atoms with Crippen molar-refractivity contribution in [2.45, 2.75) is 18.9 Å². The third-order valence-electron chi connectivity index (χ3n) is 5.36. The number of hydrogen-bond acceptors (Lipinski definition) is 7. The summed E-state index contributed by atoms with van der Waals surface area (Å²) in [5.41, 5.74) is 1.25. The number of hydrogen-bond donors (Lipinski definition) is 1. The molecule has 1 aromatic heterocycles. The number of carbonyl (C=O) groups excluding carboxylic acids is 1. The molecule has 2 heterocycles. The van der Waals surface area contributed by atoms with E-state index in [1.165, 1.54) is 13.4 Å². The topological polar surface area (TPSA) is 96.2 Å². The lowest BCUT2D eigenvalue weighted by molar-refractivity contribution is -0.123. The Hall–Kier alpha value is -3.52. The molecule has 0 bridgehead atoms. The van der Waals surface area contributed by atoms with Crippen molar-refractivity contribution in [1.29, 1.82) is 0 Å². The summed E-state index contributed by atoms with van der Waals surface area (Å²) in [5.74, 6) is 1.30. The maximum Gasteiger partial charge on any atom is 0.258 e. The molecule has 3 aromatic rings. The first-order valence-corrected chi connectivity index (χ1v) is 10.4. The van der Waals surface area contributed by atoms with Crippen LogP contribution in [0, 0.1) is 0 Å². The summed E-state index contributed by atoms with van der Waals surface area (Å²) < 4.78 is 27.3. The Morgan fingerprint density at radius 1 is 1.12 bits per heavy atom. The highest BCUT2D eigenvalue weighted by Crippen LogP contribution is 2.32. The fraction of sp³-hybridized carbons (Fsp3) is 0.333. The van der Waals surface area contributed by atoms with Gasteiger partial charge in [-0.2, -0.15) is 0 Å². The van der Waals surface area contributed by atoms with E-state index in [0.29, 0.717) is 45.9 Å². The van der Waals surface area contributed by atoms with Crippen LogP contribution >= 0.6 is 0 Å². The van der Waals surface area contributed by atoms with Crippen molar-refractivity contribution in [2.24, 2.45) is 0 Å². The molecule has 1 aliphatic heterocycles. The zero-order chi connectivity index (χ0) is 22.5. The van der Waals surface area contributed by atoms with Crippen molar-refractivity contribution in [3.05, 3.63) is 52.9 Å². The minimum atomic E-state index is -0.231. The van der Waals surface area contributed by atoms with Gasteiger partial charge in [0.05, 0.1) is 31.3 Å². The minimum absolute atomic E-state index is 0.0776. The lowest BCUT2D eigenvalue weighted by Crippen LogP contribution is -2.35. The van der Waals surface area contributed by atoms with Gasteiger partial charge in [0.15, 0.2) is 23.5 Å². The molecule has 1 fully saturated rings. The van der Waals surface area contributed by atoms with Crippen molar-refractivity contribution in [1.82, 2.24) is 5.32 Å². The number of nitrogens with one attached hydrogen (secondary N) is 1. The highest BCUT2D eigenvalue weighted by molar-refractivity contribution is 5.83. The average molecular weight is 439 g/mol. The van der Waals surface area contributed by atoms with E-state index in [9.17, 15) is 9.59 Å². The second-order valence-corrected chi connectivity index (χ2v) is 7.43. The van der Waals surface area contributed by atoms with Crippen LogP contribution in [0.15, 0.2) is 51.9 Å². The van der Waals surface area contributed by atoms with Gasteiger partial charge in [-0.15, -0.1) is 0 Å². The smallest absolute Gasteiger partial charge is 0.258 e. The highest BCUT2D eigenvalue weighted by Gasteiger charge is 2.17. The normalized spacial score (nSPS) is 15.5. The molecule has 8 nitrogen and oxygen atoms in total. The minimum Gasteiger partial charge on any atom is -0.493 e. The summed E-state index contributed by atoms with van der Waals surface area (Å²) in [6, 6.07) is 10.1. The maximum absolute atomic E-state index is 13.0. The van der Waals surface area contributed by atoms with Crippen LogP contribution in [0.25, 0.3) is 22.1 Å². The van der Waals surface area contributed by atoms with Crippen LogP contribution in [-0.2, 0) is 9.53 Å². The zero-order valence-electron chi connectivity index (χ0n) is 18.0. The van der Waals surface area contributed by atoms with E-state index >= 15 is 0 Å². The molecule has 2 aromatic carbocycles. The fourth-order valence-corrected chi connectivity index (χ4v) is 3.63. The summed E-state index contributed by atoms with van der Waals surface area (Å²) in [5, 5.41) is 3.21. The van der Waals surface area contributed by atoms with Crippen LogP contribution in [0.4, 0.5) is 0 Å². The van der Waals surface area contributed by atoms with E-state index < -0.39 is 0 Å². The molecule has 0 radical (unpaired) electrons. The Morgan fingerprint density at radius 2 is 1.97 bits per heavy atom. The lowest BCUT2D eigenvalue weighted by atomic mass is 10.0. The first-order chi connectivity index (χ1) is 15.6. The Labute approximate surface area is 185 Å². The van der Waals surface area contributed by atoms with Gasteiger partial charge < -0.3 is 28.7 Å². The standard InChI is InChI=1S/C24H25NO7/c1-28-20-8-5-15(10-22(20)29-2)19-13-32-21-11-16(6-7-18(21)24(19)27)31-14-23(26)25-12-17-4-3-9-30-17/h5-8,10-11,13,17H,3-4,9,12,14H2,1-2H3,(H,25,26). The molecule has 32 heavy (non-hydrogen) atoms. The van der Waals surface area contributed by atoms with E-state index in [1.54, 1.807) is 43.5 Å². The molecule has 0 spiro atoms. The molecule has 1 aliphatic rings. The van der Waals surface area contributed by atoms with Gasteiger partial charge in [-0.05, 0) is 42.7 Å². The molecule has 4 rings (SSSR count). The second kappa shape index (κ2) is 9.74. The molecule has 0 aliphatic carbocycles. The highest BCUT2D eigenvalue weighted by atomic mass is 16.5. The van der Waals surface area contributed by atoms with Crippen LogP contribution < -0.4 is 25.0 Å². The van der Waals surface area contributed by atoms with Crippen LogP contribution in [0.1, 0.15) is 12.8 Å².